The molecule has 0 fully saturated rings. The standard InChI is InChI=1S/C8H5NOS2/c10-5-6-1-3-11-7(6)8-9-2-4-12-8/h1-5H. The van der Waals surface area contributed by atoms with E-state index in [-0.39, 0.29) is 0 Å². The normalized spacial score (nSPS) is 10.0. The molecule has 2 aromatic heterocycles. The zero-order valence-electron chi connectivity index (χ0n) is 6.06. The zero-order chi connectivity index (χ0) is 8.39. The van der Waals surface area contributed by atoms with Crippen molar-refractivity contribution < 1.29 is 4.79 Å². The van der Waals surface area contributed by atoms with E-state index in [1.807, 2.05) is 16.8 Å². The monoisotopic (exact) mass is 195 g/mol. The van der Waals surface area contributed by atoms with Gasteiger partial charge in [0.1, 0.15) is 5.01 Å². The molecule has 0 spiro atoms. The number of hydrogen-bond acceptors (Lipinski definition) is 4. The molecule has 0 saturated carbocycles. The summed E-state index contributed by atoms with van der Waals surface area (Å²) < 4.78 is 0. The minimum Gasteiger partial charge on any atom is -0.298 e. The van der Waals surface area contributed by atoms with E-state index in [0.717, 1.165) is 21.7 Å². The molecule has 0 aliphatic carbocycles. The van der Waals surface area contributed by atoms with Gasteiger partial charge >= 0.3 is 0 Å². The van der Waals surface area contributed by atoms with Crippen LogP contribution in [0.3, 0.4) is 0 Å². The quantitative estimate of drug-likeness (QED) is 0.689. The average molecular weight is 195 g/mol. The minimum absolute atomic E-state index is 0.731. The predicted molar refractivity (Wildman–Crippen MR) is 50.8 cm³/mol. The van der Waals surface area contributed by atoms with Crippen LogP contribution in [-0.4, -0.2) is 11.3 Å². The molecule has 0 atom stereocenters. The lowest BCUT2D eigenvalue weighted by Crippen LogP contribution is -1.77. The molecule has 0 unspecified atom stereocenters. The molecule has 0 amide bonds. The third kappa shape index (κ3) is 1.19. The first-order valence-electron chi connectivity index (χ1n) is 3.34. The van der Waals surface area contributed by atoms with Crippen LogP contribution in [0.15, 0.2) is 23.0 Å². The Bertz CT molecular complexity index is 377. The maximum atomic E-state index is 10.6. The van der Waals surface area contributed by atoms with E-state index in [1.54, 1.807) is 28.9 Å². The second kappa shape index (κ2) is 3.16. The van der Waals surface area contributed by atoms with E-state index in [4.69, 9.17) is 0 Å². The van der Waals surface area contributed by atoms with Crippen LogP contribution in [0.5, 0.6) is 0 Å². The van der Waals surface area contributed by atoms with Crippen LogP contribution >= 0.6 is 22.7 Å². The van der Waals surface area contributed by atoms with Crippen molar-refractivity contribution in [3.63, 3.8) is 0 Å². The number of aromatic nitrogens is 1. The number of rotatable bonds is 2. The van der Waals surface area contributed by atoms with E-state index in [1.165, 1.54) is 0 Å². The van der Waals surface area contributed by atoms with Crippen LogP contribution in [0.2, 0.25) is 0 Å². The fraction of sp³-hybridized carbons (Fsp3) is 0. The predicted octanol–water partition coefficient (Wildman–Crippen LogP) is 2.68. The van der Waals surface area contributed by atoms with Gasteiger partial charge in [-0.25, -0.2) is 4.98 Å². The highest BCUT2D eigenvalue weighted by Crippen LogP contribution is 2.29. The van der Waals surface area contributed by atoms with Crippen molar-refractivity contribution in [1.82, 2.24) is 4.98 Å². The highest BCUT2D eigenvalue weighted by molar-refractivity contribution is 7.20. The lowest BCUT2D eigenvalue weighted by Gasteiger charge is -1.89. The molecule has 2 nitrogen and oxygen atoms in total. The van der Waals surface area contributed by atoms with Gasteiger partial charge in [-0.3, -0.25) is 4.79 Å². The van der Waals surface area contributed by atoms with Gasteiger partial charge in [0.25, 0.3) is 0 Å². The topological polar surface area (TPSA) is 30.0 Å². The fourth-order valence-corrected chi connectivity index (χ4v) is 2.56. The molecule has 2 rings (SSSR count). The SMILES string of the molecule is O=Cc1ccsc1-c1nccs1. The summed E-state index contributed by atoms with van der Waals surface area (Å²) in [7, 11) is 0. The summed E-state index contributed by atoms with van der Waals surface area (Å²) in [6.07, 6.45) is 2.61. The van der Waals surface area contributed by atoms with Gasteiger partial charge in [0.15, 0.2) is 6.29 Å². The Hall–Kier alpha value is -1.00. The lowest BCUT2D eigenvalue weighted by molar-refractivity contribution is 0.112. The fourth-order valence-electron chi connectivity index (χ4n) is 0.921. The van der Waals surface area contributed by atoms with Gasteiger partial charge in [-0.1, -0.05) is 0 Å². The van der Waals surface area contributed by atoms with Crippen LogP contribution in [0.25, 0.3) is 9.88 Å². The maximum absolute atomic E-state index is 10.6. The van der Waals surface area contributed by atoms with Crippen LogP contribution in [0.1, 0.15) is 10.4 Å². The van der Waals surface area contributed by atoms with Crippen molar-refractivity contribution in [2.75, 3.05) is 0 Å². The van der Waals surface area contributed by atoms with E-state index in [2.05, 4.69) is 4.98 Å². The van der Waals surface area contributed by atoms with Crippen LogP contribution in [0.4, 0.5) is 0 Å². The summed E-state index contributed by atoms with van der Waals surface area (Å²) in [5.74, 6) is 0. The molecule has 60 valence electrons. The van der Waals surface area contributed by atoms with Crippen molar-refractivity contribution in [2.24, 2.45) is 0 Å². The summed E-state index contributed by atoms with van der Waals surface area (Å²) in [4.78, 5) is 15.7. The van der Waals surface area contributed by atoms with Crippen LogP contribution < -0.4 is 0 Å². The Morgan fingerprint density at radius 1 is 1.33 bits per heavy atom. The Morgan fingerprint density at radius 3 is 2.92 bits per heavy atom. The van der Waals surface area contributed by atoms with Gasteiger partial charge in [0, 0.05) is 17.1 Å². The molecule has 2 heterocycles. The molecule has 4 heteroatoms. The molecular formula is C8H5NOS2. The van der Waals surface area contributed by atoms with Crippen molar-refractivity contribution >= 4 is 29.0 Å². The third-order valence-electron chi connectivity index (χ3n) is 1.45. The number of thiazole rings is 1. The highest BCUT2D eigenvalue weighted by atomic mass is 32.1. The van der Waals surface area contributed by atoms with Gasteiger partial charge in [-0.2, -0.15) is 0 Å². The molecule has 0 bridgehead atoms. The number of aldehydes is 1. The summed E-state index contributed by atoms with van der Waals surface area (Å²) >= 11 is 3.10. The molecule has 0 saturated heterocycles. The third-order valence-corrected chi connectivity index (χ3v) is 3.31. The number of carbonyl (C=O) groups excluding carboxylic acids is 1. The summed E-state index contributed by atoms with van der Waals surface area (Å²) in [5.41, 5.74) is 0.731. The summed E-state index contributed by atoms with van der Waals surface area (Å²) in [6.45, 7) is 0. The van der Waals surface area contributed by atoms with E-state index < -0.39 is 0 Å². The van der Waals surface area contributed by atoms with Gasteiger partial charge in [0.05, 0.1) is 4.88 Å². The second-order valence-corrected chi connectivity index (χ2v) is 3.97. The van der Waals surface area contributed by atoms with Crippen molar-refractivity contribution in [1.29, 1.82) is 0 Å². The van der Waals surface area contributed by atoms with E-state index in [9.17, 15) is 4.79 Å². The molecule has 0 radical (unpaired) electrons. The van der Waals surface area contributed by atoms with Crippen LogP contribution in [0, 0.1) is 0 Å². The van der Waals surface area contributed by atoms with Crippen molar-refractivity contribution in [3.05, 3.63) is 28.6 Å². The number of hydrogen-bond donors (Lipinski definition) is 0. The van der Waals surface area contributed by atoms with E-state index in [0.29, 0.717) is 0 Å². The molecule has 0 aliphatic heterocycles. The first-order chi connectivity index (χ1) is 5.92. The van der Waals surface area contributed by atoms with E-state index >= 15 is 0 Å². The molecule has 12 heavy (non-hydrogen) atoms. The smallest absolute Gasteiger partial charge is 0.151 e. The number of nitrogens with zero attached hydrogens (tertiary/aromatic N) is 1. The highest BCUT2D eigenvalue weighted by Gasteiger charge is 2.07. The number of thiophene rings is 1. The largest absolute Gasteiger partial charge is 0.298 e. The maximum Gasteiger partial charge on any atom is 0.151 e. The molecule has 0 aliphatic rings. The van der Waals surface area contributed by atoms with Gasteiger partial charge in [-0.15, -0.1) is 22.7 Å². The molecule has 0 aromatic carbocycles. The zero-order valence-corrected chi connectivity index (χ0v) is 7.69. The van der Waals surface area contributed by atoms with Gasteiger partial charge in [-0.05, 0) is 11.4 Å². The van der Waals surface area contributed by atoms with Gasteiger partial charge < -0.3 is 0 Å². The summed E-state index contributed by atoms with van der Waals surface area (Å²) in [5, 5.41) is 4.73. The van der Waals surface area contributed by atoms with Crippen molar-refractivity contribution in [2.45, 2.75) is 0 Å². The Morgan fingerprint density at radius 2 is 2.25 bits per heavy atom. The van der Waals surface area contributed by atoms with Crippen LogP contribution in [-0.2, 0) is 0 Å². The second-order valence-electron chi connectivity index (χ2n) is 2.16. The molecular weight excluding hydrogens is 190 g/mol. The Kier molecular flexibility index (Phi) is 2.01. The average Bonchev–Trinajstić information content (AvgIpc) is 2.74. The Labute approximate surface area is 77.5 Å². The first kappa shape index (κ1) is 7.64. The van der Waals surface area contributed by atoms with Crippen molar-refractivity contribution in [3.8, 4) is 9.88 Å². The van der Waals surface area contributed by atoms with Gasteiger partial charge in [0.2, 0.25) is 0 Å². The first-order valence-corrected chi connectivity index (χ1v) is 5.10. The lowest BCUT2D eigenvalue weighted by atomic mass is 10.3. The molecule has 2 aromatic rings. The Balaban J connectivity index is 2.53. The minimum atomic E-state index is 0.731. The summed E-state index contributed by atoms with van der Waals surface area (Å²) in [6, 6.07) is 1.81. The number of carbonyl (C=O) groups is 1. The molecule has 0 N–H and O–H groups in total.